The van der Waals surface area contributed by atoms with Crippen LogP contribution in [0.4, 0.5) is 0 Å². The highest BCUT2D eigenvalue weighted by atomic mass is 15.0. The lowest BCUT2D eigenvalue weighted by atomic mass is 9.99. The van der Waals surface area contributed by atoms with Crippen molar-refractivity contribution >= 4 is 0 Å². The Morgan fingerprint density at radius 1 is 1.45 bits per heavy atom. The Bertz CT molecular complexity index is 99.7. The van der Waals surface area contributed by atoms with E-state index in [1.165, 1.54) is 6.42 Å². The quantitative estimate of drug-likeness (QED) is 0.636. The SMILES string of the molecule is CCC(C)NC(C)(C)CCN. The summed E-state index contributed by atoms with van der Waals surface area (Å²) in [6.45, 7) is 9.56. The van der Waals surface area contributed by atoms with Crippen LogP contribution in [-0.4, -0.2) is 18.1 Å². The van der Waals surface area contributed by atoms with E-state index in [1.54, 1.807) is 0 Å². The van der Waals surface area contributed by atoms with E-state index >= 15 is 0 Å². The maximum atomic E-state index is 5.49. The fourth-order valence-electron chi connectivity index (χ4n) is 1.20. The molecule has 11 heavy (non-hydrogen) atoms. The third-order valence-electron chi connectivity index (χ3n) is 2.02. The molecule has 0 aliphatic rings. The van der Waals surface area contributed by atoms with Gasteiger partial charge >= 0.3 is 0 Å². The topological polar surface area (TPSA) is 38.0 Å². The van der Waals surface area contributed by atoms with Crippen LogP contribution in [0.1, 0.15) is 40.5 Å². The van der Waals surface area contributed by atoms with Crippen molar-refractivity contribution in [3.63, 3.8) is 0 Å². The molecule has 0 aliphatic carbocycles. The second-order valence-corrected chi connectivity index (χ2v) is 3.88. The molecule has 0 heterocycles. The smallest absolute Gasteiger partial charge is 0.0139 e. The van der Waals surface area contributed by atoms with Gasteiger partial charge in [0, 0.05) is 11.6 Å². The predicted octanol–water partition coefficient (Wildman–Crippen LogP) is 1.50. The molecule has 2 nitrogen and oxygen atoms in total. The minimum atomic E-state index is 0.199. The Labute approximate surface area is 70.5 Å². The van der Waals surface area contributed by atoms with E-state index in [0.29, 0.717) is 6.04 Å². The van der Waals surface area contributed by atoms with Gasteiger partial charge in [0.15, 0.2) is 0 Å². The van der Waals surface area contributed by atoms with Crippen molar-refractivity contribution in [2.75, 3.05) is 6.54 Å². The van der Waals surface area contributed by atoms with Crippen LogP contribution < -0.4 is 11.1 Å². The molecule has 0 aromatic heterocycles. The summed E-state index contributed by atoms with van der Waals surface area (Å²) in [5.74, 6) is 0. The zero-order valence-corrected chi connectivity index (χ0v) is 8.28. The monoisotopic (exact) mass is 158 g/mol. The zero-order valence-electron chi connectivity index (χ0n) is 8.28. The van der Waals surface area contributed by atoms with E-state index in [-0.39, 0.29) is 5.54 Å². The zero-order chi connectivity index (χ0) is 8.91. The van der Waals surface area contributed by atoms with E-state index in [9.17, 15) is 0 Å². The Kier molecular flexibility index (Phi) is 4.69. The number of hydrogen-bond donors (Lipinski definition) is 2. The second-order valence-electron chi connectivity index (χ2n) is 3.88. The summed E-state index contributed by atoms with van der Waals surface area (Å²) in [7, 11) is 0. The van der Waals surface area contributed by atoms with E-state index < -0.39 is 0 Å². The van der Waals surface area contributed by atoms with E-state index in [1.807, 2.05) is 0 Å². The molecule has 0 saturated carbocycles. The van der Waals surface area contributed by atoms with Gasteiger partial charge in [-0.2, -0.15) is 0 Å². The first kappa shape index (κ1) is 10.9. The van der Waals surface area contributed by atoms with Crippen LogP contribution in [0.15, 0.2) is 0 Å². The van der Waals surface area contributed by atoms with Crippen LogP contribution in [-0.2, 0) is 0 Å². The standard InChI is InChI=1S/C9H22N2/c1-5-8(2)11-9(3,4)6-7-10/h8,11H,5-7,10H2,1-4H3. The molecule has 3 N–H and O–H groups in total. The second kappa shape index (κ2) is 4.73. The van der Waals surface area contributed by atoms with Crippen molar-refractivity contribution in [2.45, 2.75) is 52.1 Å². The fourth-order valence-corrected chi connectivity index (χ4v) is 1.20. The van der Waals surface area contributed by atoms with Crippen molar-refractivity contribution in [3.05, 3.63) is 0 Å². The van der Waals surface area contributed by atoms with E-state index in [2.05, 4.69) is 33.0 Å². The van der Waals surface area contributed by atoms with Gasteiger partial charge < -0.3 is 11.1 Å². The Balaban J connectivity index is 3.70. The molecule has 0 spiro atoms. The van der Waals surface area contributed by atoms with Crippen LogP contribution >= 0.6 is 0 Å². The lowest BCUT2D eigenvalue weighted by molar-refractivity contribution is 0.323. The molecule has 0 amide bonds. The first-order chi connectivity index (χ1) is 5.02. The molecule has 0 aromatic carbocycles. The summed E-state index contributed by atoms with van der Waals surface area (Å²) in [5, 5.41) is 3.53. The van der Waals surface area contributed by atoms with Crippen molar-refractivity contribution < 1.29 is 0 Å². The van der Waals surface area contributed by atoms with Crippen molar-refractivity contribution in [2.24, 2.45) is 5.73 Å². The molecule has 0 saturated heterocycles. The van der Waals surface area contributed by atoms with E-state index in [0.717, 1.165) is 13.0 Å². The summed E-state index contributed by atoms with van der Waals surface area (Å²) in [6.07, 6.45) is 2.21. The van der Waals surface area contributed by atoms with Crippen LogP contribution in [0.25, 0.3) is 0 Å². The van der Waals surface area contributed by atoms with Gasteiger partial charge in [0.2, 0.25) is 0 Å². The third-order valence-corrected chi connectivity index (χ3v) is 2.02. The van der Waals surface area contributed by atoms with Gasteiger partial charge in [-0.15, -0.1) is 0 Å². The van der Waals surface area contributed by atoms with Crippen molar-refractivity contribution in [1.29, 1.82) is 0 Å². The molecular formula is C9H22N2. The van der Waals surface area contributed by atoms with Crippen molar-refractivity contribution in [1.82, 2.24) is 5.32 Å². The third kappa shape index (κ3) is 5.22. The van der Waals surface area contributed by atoms with Gasteiger partial charge in [0.05, 0.1) is 0 Å². The Morgan fingerprint density at radius 2 is 2.00 bits per heavy atom. The fraction of sp³-hybridized carbons (Fsp3) is 1.00. The lowest BCUT2D eigenvalue weighted by Gasteiger charge is -2.29. The molecule has 1 atom stereocenters. The average Bonchev–Trinajstić information content (AvgIpc) is 1.86. The molecular weight excluding hydrogens is 136 g/mol. The van der Waals surface area contributed by atoms with Crippen LogP contribution in [0.3, 0.4) is 0 Å². The number of hydrogen-bond acceptors (Lipinski definition) is 2. The highest BCUT2D eigenvalue weighted by Gasteiger charge is 2.17. The maximum Gasteiger partial charge on any atom is 0.0139 e. The summed E-state index contributed by atoms with van der Waals surface area (Å²) in [4.78, 5) is 0. The number of rotatable bonds is 5. The predicted molar refractivity (Wildman–Crippen MR) is 50.6 cm³/mol. The maximum absolute atomic E-state index is 5.49. The molecule has 0 rings (SSSR count). The molecule has 0 fully saturated rings. The van der Waals surface area contributed by atoms with Gasteiger partial charge in [0.1, 0.15) is 0 Å². The molecule has 2 heteroatoms. The van der Waals surface area contributed by atoms with Crippen molar-refractivity contribution in [3.8, 4) is 0 Å². The van der Waals surface area contributed by atoms with Gasteiger partial charge in [-0.25, -0.2) is 0 Å². The first-order valence-electron chi connectivity index (χ1n) is 4.49. The highest BCUT2D eigenvalue weighted by molar-refractivity contribution is 4.80. The first-order valence-corrected chi connectivity index (χ1v) is 4.49. The largest absolute Gasteiger partial charge is 0.330 e. The van der Waals surface area contributed by atoms with Crippen LogP contribution in [0, 0.1) is 0 Å². The summed E-state index contributed by atoms with van der Waals surface area (Å²) >= 11 is 0. The normalized spacial score (nSPS) is 15.0. The molecule has 0 radical (unpaired) electrons. The molecule has 68 valence electrons. The number of nitrogens with two attached hydrogens (primary N) is 1. The minimum absolute atomic E-state index is 0.199. The lowest BCUT2D eigenvalue weighted by Crippen LogP contribution is -2.45. The van der Waals surface area contributed by atoms with Crippen LogP contribution in [0.5, 0.6) is 0 Å². The Morgan fingerprint density at radius 3 is 2.36 bits per heavy atom. The molecule has 0 aromatic rings. The average molecular weight is 158 g/mol. The van der Waals surface area contributed by atoms with Gasteiger partial charge in [-0.05, 0) is 40.2 Å². The molecule has 1 unspecified atom stereocenters. The van der Waals surface area contributed by atoms with Gasteiger partial charge in [-0.1, -0.05) is 6.92 Å². The Hall–Kier alpha value is -0.0800. The number of nitrogens with one attached hydrogen (secondary N) is 1. The summed E-state index contributed by atoms with van der Waals surface area (Å²) in [5.41, 5.74) is 5.69. The summed E-state index contributed by atoms with van der Waals surface area (Å²) in [6, 6.07) is 0.594. The van der Waals surface area contributed by atoms with Gasteiger partial charge in [-0.3, -0.25) is 0 Å². The molecule has 0 aliphatic heterocycles. The highest BCUT2D eigenvalue weighted by Crippen LogP contribution is 2.08. The van der Waals surface area contributed by atoms with Gasteiger partial charge in [0.25, 0.3) is 0 Å². The minimum Gasteiger partial charge on any atom is -0.330 e. The molecule has 0 bridgehead atoms. The summed E-state index contributed by atoms with van der Waals surface area (Å²) < 4.78 is 0. The van der Waals surface area contributed by atoms with Crippen LogP contribution in [0.2, 0.25) is 0 Å². The van der Waals surface area contributed by atoms with E-state index in [4.69, 9.17) is 5.73 Å².